The molecular weight excluding hydrogens is 565 g/mol. The summed E-state index contributed by atoms with van der Waals surface area (Å²) in [5.41, 5.74) is 4.49. The Labute approximate surface area is 272 Å². The number of aryl methyl sites for hydroxylation is 2. The number of ether oxygens (including phenoxy) is 2. The van der Waals surface area contributed by atoms with Crippen molar-refractivity contribution in [3.05, 3.63) is 77.4 Å². The molecule has 6 nitrogen and oxygen atoms in total. The number of fused-ring (bicyclic) bond motifs is 1. The van der Waals surface area contributed by atoms with Gasteiger partial charge < -0.3 is 9.47 Å². The van der Waals surface area contributed by atoms with Crippen LogP contribution in [0.1, 0.15) is 121 Å². The van der Waals surface area contributed by atoms with E-state index in [4.69, 9.17) is 9.47 Å². The van der Waals surface area contributed by atoms with Crippen LogP contribution in [-0.4, -0.2) is 34.6 Å². The van der Waals surface area contributed by atoms with E-state index in [2.05, 4.69) is 51.6 Å². The minimum Gasteiger partial charge on any atom is -0.493 e. The molecule has 2 aromatic heterocycles. The third-order valence-corrected chi connectivity index (χ3v) is 6.33. The van der Waals surface area contributed by atoms with Crippen LogP contribution in [0.15, 0.2) is 54.7 Å². The Hall–Kier alpha value is -3.74. The Morgan fingerprint density at radius 2 is 1.40 bits per heavy atom. The first-order chi connectivity index (χ1) is 21.6. The second kappa shape index (κ2) is 24.6. The van der Waals surface area contributed by atoms with Gasteiger partial charge in [0.05, 0.1) is 19.9 Å². The molecule has 250 valence electrons. The number of methoxy groups -OCH3 is 2. The van der Waals surface area contributed by atoms with Gasteiger partial charge in [0.25, 0.3) is 0 Å². The lowest BCUT2D eigenvalue weighted by molar-refractivity contribution is 0.0976. The van der Waals surface area contributed by atoms with E-state index in [0.29, 0.717) is 34.8 Å². The Morgan fingerprint density at radius 3 is 1.87 bits per heavy atom. The Balaban J connectivity index is 0.000000752. The van der Waals surface area contributed by atoms with Gasteiger partial charge in [-0.1, -0.05) is 99.1 Å². The second-order valence-electron chi connectivity index (χ2n) is 10.7. The number of halogens is 1. The van der Waals surface area contributed by atoms with Crippen molar-refractivity contribution in [2.45, 2.75) is 114 Å². The lowest BCUT2D eigenvalue weighted by Crippen LogP contribution is -2.01. The van der Waals surface area contributed by atoms with Crippen molar-refractivity contribution in [1.82, 2.24) is 14.6 Å². The average molecular weight is 624 g/mol. The van der Waals surface area contributed by atoms with E-state index in [1.165, 1.54) is 44.6 Å². The molecule has 0 fully saturated rings. The van der Waals surface area contributed by atoms with Crippen LogP contribution in [0.5, 0.6) is 11.5 Å². The second-order valence-corrected chi connectivity index (χ2v) is 10.7. The molecule has 0 amide bonds. The number of hydrogen-bond acceptors (Lipinski definition) is 5. The average Bonchev–Trinajstić information content (AvgIpc) is 3.49. The van der Waals surface area contributed by atoms with Gasteiger partial charge >= 0.3 is 0 Å². The summed E-state index contributed by atoms with van der Waals surface area (Å²) in [6.07, 6.45) is 10.9. The van der Waals surface area contributed by atoms with Crippen LogP contribution < -0.4 is 9.47 Å². The van der Waals surface area contributed by atoms with Gasteiger partial charge in [-0.2, -0.15) is 5.10 Å². The van der Waals surface area contributed by atoms with Crippen molar-refractivity contribution < 1.29 is 18.7 Å². The fourth-order valence-corrected chi connectivity index (χ4v) is 3.65. The van der Waals surface area contributed by atoms with E-state index in [9.17, 15) is 9.18 Å². The maximum atomic E-state index is 12.6. The van der Waals surface area contributed by atoms with Gasteiger partial charge in [-0.15, -0.1) is 0 Å². The zero-order valence-corrected chi connectivity index (χ0v) is 29.8. The number of carbonyl (C=O) groups is 1. The maximum Gasteiger partial charge on any atom is 0.183 e. The zero-order chi connectivity index (χ0) is 34.2. The molecule has 2 aromatic carbocycles. The minimum absolute atomic E-state index is 0.0289. The first-order valence-electron chi connectivity index (χ1n) is 16.4. The quantitative estimate of drug-likeness (QED) is 0.174. The first kappa shape index (κ1) is 41.3. The lowest BCUT2D eigenvalue weighted by Gasteiger charge is -2.10. The molecule has 0 N–H and O–H groups in total. The zero-order valence-electron chi connectivity index (χ0n) is 29.8. The summed E-state index contributed by atoms with van der Waals surface area (Å²) in [7, 11) is 3.19. The van der Waals surface area contributed by atoms with Gasteiger partial charge in [0, 0.05) is 24.2 Å². The number of benzene rings is 2. The fourth-order valence-electron chi connectivity index (χ4n) is 3.65. The van der Waals surface area contributed by atoms with Gasteiger partial charge in [-0.05, 0) is 61.7 Å². The molecule has 4 rings (SSSR count). The lowest BCUT2D eigenvalue weighted by atomic mass is 10.1. The normalized spacial score (nSPS) is 9.69. The van der Waals surface area contributed by atoms with Crippen LogP contribution in [0.4, 0.5) is 4.39 Å². The van der Waals surface area contributed by atoms with Crippen molar-refractivity contribution in [3.63, 3.8) is 0 Å². The third kappa shape index (κ3) is 15.2. The number of ketones is 1. The van der Waals surface area contributed by atoms with Gasteiger partial charge in [-0.3, -0.25) is 4.79 Å². The summed E-state index contributed by atoms with van der Waals surface area (Å²) in [5.74, 6) is 1.21. The number of Topliss-reactive ketones (excluding diaryl/α,β-unsaturated/α-hetero) is 1. The Kier molecular flexibility index (Phi) is 22.5. The van der Waals surface area contributed by atoms with E-state index in [1.54, 1.807) is 44.0 Å². The fraction of sp³-hybridized carbons (Fsp3) is 0.500. The number of aromatic nitrogens is 3. The van der Waals surface area contributed by atoms with E-state index < -0.39 is 0 Å². The molecule has 45 heavy (non-hydrogen) atoms. The summed E-state index contributed by atoms with van der Waals surface area (Å²) in [6, 6.07) is 14.4. The van der Waals surface area contributed by atoms with E-state index in [1.807, 2.05) is 44.2 Å². The highest BCUT2D eigenvalue weighted by Gasteiger charge is 2.14. The monoisotopic (exact) mass is 623 g/mol. The maximum absolute atomic E-state index is 12.6. The van der Waals surface area contributed by atoms with Crippen molar-refractivity contribution in [2.24, 2.45) is 0 Å². The van der Waals surface area contributed by atoms with Gasteiger partial charge in [-0.25, -0.2) is 13.9 Å². The predicted octanol–water partition coefficient (Wildman–Crippen LogP) is 11.3. The largest absolute Gasteiger partial charge is 0.493 e. The van der Waals surface area contributed by atoms with E-state index in [0.717, 1.165) is 23.2 Å². The van der Waals surface area contributed by atoms with E-state index >= 15 is 0 Å². The third-order valence-electron chi connectivity index (χ3n) is 6.33. The molecule has 0 atom stereocenters. The van der Waals surface area contributed by atoms with Crippen LogP contribution in [0.25, 0.3) is 16.9 Å². The molecular formula is C38H58FN3O3. The molecule has 0 aliphatic carbocycles. The van der Waals surface area contributed by atoms with Crippen molar-refractivity contribution in [1.29, 1.82) is 0 Å². The van der Waals surface area contributed by atoms with Crippen LogP contribution in [-0.2, 0) is 0 Å². The topological polar surface area (TPSA) is 65.7 Å². The standard InChI is InChI=1S/C18H19N3O3.C8H9F.C5H12.C4H10.C3H8/c1-4-5-15(22)13-11-18-19-9-8-14(21(18)20-13)12-6-7-16(23-2)17(10-12)24-3;1-6-3-4-7(2)8(9)5-6;1-3-5-4-2;1-3-4-2;1-3-2/h6-11H,4-5H2,1-3H3;3-5H,1-2H3;3-5H2,1-2H3;3-4H2,1-2H3;3H2,1-2H3. The summed E-state index contributed by atoms with van der Waals surface area (Å²) in [4.78, 5) is 16.4. The van der Waals surface area contributed by atoms with Gasteiger partial charge in [0.2, 0.25) is 0 Å². The van der Waals surface area contributed by atoms with Crippen LogP contribution in [0.2, 0.25) is 0 Å². The van der Waals surface area contributed by atoms with Crippen molar-refractivity contribution >= 4 is 11.4 Å². The summed E-state index contributed by atoms with van der Waals surface area (Å²) in [5, 5.41) is 4.44. The molecule has 2 heterocycles. The molecule has 0 radical (unpaired) electrons. The highest BCUT2D eigenvalue weighted by atomic mass is 19.1. The van der Waals surface area contributed by atoms with Crippen LogP contribution in [0.3, 0.4) is 0 Å². The molecule has 0 aliphatic heterocycles. The highest BCUT2D eigenvalue weighted by Crippen LogP contribution is 2.32. The highest BCUT2D eigenvalue weighted by molar-refractivity contribution is 5.95. The molecule has 0 saturated carbocycles. The van der Waals surface area contributed by atoms with Crippen molar-refractivity contribution in [2.75, 3.05) is 14.2 Å². The first-order valence-corrected chi connectivity index (χ1v) is 16.4. The van der Waals surface area contributed by atoms with Crippen LogP contribution in [0, 0.1) is 19.7 Å². The SMILES string of the molecule is CCC.CCCC.CCCC(=O)c1cc2nccc(-c3ccc(OC)c(OC)c3)n2n1.CCCCC.Cc1ccc(C)c(F)c1. The minimum atomic E-state index is -0.116. The smallest absolute Gasteiger partial charge is 0.183 e. The predicted molar refractivity (Wildman–Crippen MR) is 188 cm³/mol. The molecule has 0 bridgehead atoms. The van der Waals surface area contributed by atoms with Crippen molar-refractivity contribution in [3.8, 4) is 22.8 Å². The molecule has 0 unspecified atom stereocenters. The molecule has 0 saturated heterocycles. The van der Waals surface area contributed by atoms with E-state index in [-0.39, 0.29) is 11.6 Å². The number of nitrogens with zero attached hydrogens (tertiary/aromatic N) is 3. The molecule has 0 aliphatic rings. The molecule has 0 spiro atoms. The molecule has 7 heteroatoms. The van der Waals surface area contributed by atoms with Crippen LogP contribution >= 0.6 is 0 Å². The summed E-state index contributed by atoms with van der Waals surface area (Å²) in [6.45, 7) is 18.6. The summed E-state index contributed by atoms with van der Waals surface area (Å²) < 4.78 is 24.9. The summed E-state index contributed by atoms with van der Waals surface area (Å²) >= 11 is 0. The Bertz CT molecular complexity index is 1360. The van der Waals surface area contributed by atoms with Gasteiger partial charge in [0.15, 0.2) is 22.9 Å². The Morgan fingerprint density at radius 1 is 0.778 bits per heavy atom. The number of unbranched alkanes of at least 4 members (excludes halogenated alkanes) is 3. The number of hydrogen-bond donors (Lipinski definition) is 0. The van der Waals surface area contributed by atoms with Gasteiger partial charge in [0.1, 0.15) is 11.5 Å². The molecule has 4 aromatic rings. The number of carbonyl (C=O) groups excluding carboxylic acids is 1. The number of rotatable bonds is 9.